The summed E-state index contributed by atoms with van der Waals surface area (Å²) in [7, 11) is 1.49. The number of nitrogens with two attached hydrogens (primary N) is 1. The van der Waals surface area contributed by atoms with E-state index in [4.69, 9.17) is 19.3 Å². The average Bonchev–Trinajstić information content (AvgIpc) is 3.33. The Balaban J connectivity index is 1.56. The van der Waals surface area contributed by atoms with Crippen molar-refractivity contribution in [2.45, 2.75) is 0 Å². The van der Waals surface area contributed by atoms with Gasteiger partial charge in [0.05, 0.1) is 12.5 Å². The summed E-state index contributed by atoms with van der Waals surface area (Å²) in [5.41, 5.74) is 7.07. The highest BCUT2D eigenvalue weighted by atomic mass is 16.5. The van der Waals surface area contributed by atoms with Crippen LogP contribution in [-0.2, 0) is 0 Å². The van der Waals surface area contributed by atoms with Crippen LogP contribution in [0.2, 0.25) is 0 Å². The van der Waals surface area contributed by atoms with Crippen molar-refractivity contribution in [3.63, 3.8) is 0 Å². The van der Waals surface area contributed by atoms with Gasteiger partial charge in [-0.2, -0.15) is 0 Å². The van der Waals surface area contributed by atoms with Gasteiger partial charge < -0.3 is 24.6 Å². The second-order valence-corrected chi connectivity index (χ2v) is 6.02. The van der Waals surface area contributed by atoms with Crippen molar-refractivity contribution in [2.24, 2.45) is 5.73 Å². The molecule has 7 nitrogen and oxygen atoms in total. The number of anilines is 1. The fourth-order valence-corrected chi connectivity index (χ4v) is 2.91. The lowest BCUT2D eigenvalue weighted by atomic mass is 10.1. The summed E-state index contributed by atoms with van der Waals surface area (Å²) in [6.45, 7) is 0. The van der Waals surface area contributed by atoms with Crippen LogP contribution in [0.5, 0.6) is 5.75 Å². The molecule has 4 aromatic rings. The number of methoxy groups -OCH3 is 1. The summed E-state index contributed by atoms with van der Waals surface area (Å²) >= 11 is 0. The highest BCUT2D eigenvalue weighted by molar-refractivity contribution is 6.08. The van der Waals surface area contributed by atoms with Crippen molar-refractivity contribution in [1.82, 2.24) is 0 Å². The minimum atomic E-state index is -0.630. The number of hydrogen-bond donors (Lipinski definition) is 2. The van der Waals surface area contributed by atoms with Crippen molar-refractivity contribution < 1.29 is 23.2 Å². The maximum atomic E-state index is 12.6. The van der Waals surface area contributed by atoms with E-state index < -0.39 is 11.8 Å². The third-order valence-electron chi connectivity index (χ3n) is 4.24. The minimum Gasteiger partial charge on any atom is -0.492 e. The van der Waals surface area contributed by atoms with Crippen LogP contribution < -0.4 is 15.8 Å². The summed E-state index contributed by atoms with van der Waals surface area (Å²) in [6.07, 6.45) is 0. The number of primary amides is 1. The Morgan fingerprint density at radius 3 is 2.39 bits per heavy atom. The van der Waals surface area contributed by atoms with Crippen LogP contribution in [0.25, 0.3) is 22.3 Å². The normalized spacial score (nSPS) is 10.8. The molecule has 0 saturated carbocycles. The van der Waals surface area contributed by atoms with Gasteiger partial charge in [0, 0.05) is 11.3 Å². The molecule has 4 rings (SSSR count). The molecule has 0 radical (unpaired) electrons. The Morgan fingerprint density at radius 1 is 0.964 bits per heavy atom. The van der Waals surface area contributed by atoms with Gasteiger partial charge in [-0.1, -0.05) is 12.1 Å². The molecule has 2 aromatic heterocycles. The van der Waals surface area contributed by atoms with Crippen LogP contribution in [-0.4, -0.2) is 18.9 Å². The van der Waals surface area contributed by atoms with Crippen molar-refractivity contribution >= 4 is 28.5 Å². The Labute approximate surface area is 159 Å². The van der Waals surface area contributed by atoms with Gasteiger partial charge in [0.15, 0.2) is 11.5 Å². The fraction of sp³-hybridized carbons (Fsp3) is 0.0476. The molecule has 140 valence electrons. The number of para-hydroxylation sites is 1. The molecule has 0 aliphatic carbocycles. The molecule has 2 aromatic carbocycles. The number of fused-ring (bicyclic) bond motifs is 1. The summed E-state index contributed by atoms with van der Waals surface area (Å²) < 4.78 is 16.4. The molecule has 0 spiro atoms. The lowest BCUT2D eigenvalue weighted by molar-refractivity contribution is 0.0972. The number of carbonyl (C=O) groups is 2. The summed E-state index contributed by atoms with van der Waals surface area (Å²) in [6, 6.07) is 17.4. The lowest BCUT2D eigenvalue weighted by Gasteiger charge is -2.05. The van der Waals surface area contributed by atoms with Crippen LogP contribution in [0.4, 0.5) is 5.69 Å². The van der Waals surface area contributed by atoms with Crippen LogP contribution in [0.15, 0.2) is 69.5 Å². The molecule has 2 heterocycles. The molecule has 2 amide bonds. The molecule has 0 fully saturated rings. The number of carbonyl (C=O) groups excluding carboxylic acids is 2. The first kappa shape index (κ1) is 17.4. The van der Waals surface area contributed by atoms with E-state index in [9.17, 15) is 9.59 Å². The SMILES string of the molecule is COc1c(C(=O)Nc2ccc(-c3ccc(C(N)=O)o3)cc2)oc2ccccc12. The second-order valence-electron chi connectivity index (χ2n) is 6.02. The first-order valence-electron chi connectivity index (χ1n) is 8.44. The summed E-state index contributed by atoms with van der Waals surface area (Å²) in [4.78, 5) is 23.8. The molecular formula is C21H16N2O5. The molecule has 0 atom stereocenters. The highest BCUT2D eigenvalue weighted by Crippen LogP contribution is 2.33. The smallest absolute Gasteiger partial charge is 0.295 e. The predicted octanol–water partition coefficient (Wildman–Crippen LogP) is 4.05. The average molecular weight is 376 g/mol. The quantitative estimate of drug-likeness (QED) is 0.546. The van der Waals surface area contributed by atoms with Crippen molar-refractivity contribution in [3.05, 3.63) is 72.2 Å². The number of nitrogens with one attached hydrogen (secondary N) is 1. The maximum Gasteiger partial charge on any atom is 0.295 e. The number of hydrogen-bond acceptors (Lipinski definition) is 5. The Bertz CT molecular complexity index is 1170. The molecule has 0 aliphatic rings. The Hall–Kier alpha value is -4.00. The van der Waals surface area contributed by atoms with Gasteiger partial charge in [-0.05, 0) is 48.5 Å². The van der Waals surface area contributed by atoms with Crippen molar-refractivity contribution in [2.75, 3.05) is 12.4 Å². The molecule has 0 unspecified atom stereocenters. The van der Waals surface area contributed by atoms with Gasteiger partial charge >= 0.3 is 0 Å². The number of ether oxygens (including phenoxy) is 1. The van der Waals surface area contributed by atoms with Gasteiger partial charge in [-0.3, -0.25) is 9.59 Å². The molecule has 0 aliphatic heterocycles. The molecule has 0 saturated heterocycles. The highest BCUT2D eigenvalue weighted by Gasteiger charge is 2.21. The van der Waals surface area contributed by atoms with Gasteiger partial charge in [-0.25, -0.2) is 0 Å². The van der Waals surface area contributed by atoms with Crippen LogP contribution in [0.1, 0.15) is 21.1 Å². The van der Waals surface area contributed by atoms with E-state index in [0.29, 0.717) is 22.8 Å². The standard InChI is InChI=1S/C21H16N2O5/c1-26-18-14-4-2-3-5-16(14)28-19(18)21(25)23-13-8-6-12(7-9-13)15-10-11-17(27-15)20(22)24/h2-11H,1H3,(H2,22,24)(H,23,25). The molecule has 3 N–H and O–H groups in total. The van der Waals surface area contributed by atoms with Crippen LogP contribution in [0, 0.1) is 0 Å². The molecular weight excluding hydrogens is 360 g/mol. The van der Waals surface area contributed by atoms with Crippen molar-refractivity contribution in [3.8, 4) is 17.1 Å². The topological polar surface area (TPSA) is 108 Å². The number of benzene rings is 2. The van der Waals surface area contributed by atoms with Gasteiger partial charge in [0.2, 0.25) is 5.76 Å². The number of rotatable bonds is 5. The largest absolute Gasteiger partial charge is 0.492 e. The van der Waals surface area contributed by atoms with E-state index in [1.807, 2.05) is 18.2 Å². The molecule has 7 heteroatoms. The molecule has 0 bridgehead atoms. The van der Waals surface area contributed by atoms with Crippen LogP contribution >= 0.6 is 0 Å². The number of furan rings is 2. The van der Waals surface area contributed by atoms with E-state index in [1.54, 1.807) is 36.4 Å². The van der Waals surface area contributed by atoms with E-state index >= 15 is 0 Å². The minimum absolute atomic E-state index is 0.0874. The third-order valence-corrected chi connectivity index (χ3v) is 4.24. The van der Waals surface area contributed by atoms with E-state index in [-0.39, 0.29) is 11.5 Å². The predicted molar refractivity (Wildman–Crippen MR) is 103 cm³/mol. The Morgan fingerprint density at radius 2 is 1.71 bits per heavy atom. The fourth-order valence-electron chi connectivity index (χ4n) is 2.91. The summed E-state index contributed by atoms with van der Waals surface area (Å²) in [5, 5.41) is 3.51. The maximum absolute atomic E-state index is 12.6. The molecule has 28 heavy (non-hydrogen) atoms. The third kappa shape index (κ3) is 3.09. The zero-order valence-corrected chi connectivity index (χ0v) is 14.9. The Kier molecular flexibility index (Phi) is 4.33. The van der Waals surface area contributed by atoms with Gasteiger partial charge in [0.25, 0.3) is 11.8 Å². The monoisotopic (exact) mass is 376 g/mol. The summed E-state index contributed by atoms with van der Waals surface area (Å²) in [5.74, 6) is 0.0314. The zero-order chi connectivity index (χ0) is 19.7. The second kappa shape index (κ2) is 6.96. The first-order chi connectivity index (χ1) is 13.6. The van der Waals surface area contributed by atoms with E-state index in [2.05, 4.69) is 5.32 Å². The van der Waals surface area contributed by atoms with E-state index in [0.717, 1.165) is 10.9 Å². The van der Waals surface area contributed by atoms with E-state index in [1.165, 1.54) is 13.2 Å². The zero-order valence-electron chi connectivity index (χ0n) is 14.9. The lowest BCUT2D eigenvalue weighted by Crippen LogP contribution is -2.11. The number of amides is 2. The van der Waals surface area contributed by atoms with Crippen LogP contribution in [0.3, 0.4) is 0 Å². The first-order valence-corrected chi connectivity index (χ1v) is 8.44. The van der Waals surface area contributed by atoms with Gasteiger partial charge in [0.1, 0.15) is 11.3 Å². The van der Waals surface area contributed by atoms with Crippen molar-refractivity contribution in [1.29, 1.82) is 0 Å². The van der Waals surface area contributed by atoms with Gasteiger partial charge in [-0.15, -0.1) is 0 Å².